The first-order valence-electron chi connectivity index (χ1n) is 8.33. The van der Waals surface area contributed by atoms with Crippen molar-refractivity contribution in [2.75, 3.05) is 5.32 Å². The van der Waals surface area contributed by atoms with E-state index in [1.165, 1.54) is 5.32 Å². The minimum absolute atomic E-state index is 0.102. The number of nitrogens with one attached hydrogen (secondary N) is 2. The van der Waals surface area contributed by atoms with E-state index in [-0.39, 0.29) is 11.6 Å². The van der Waals surface area contributed by atoms with Gasteiger partial charge >= 0.3 is 6.03 Å². The summed E-state index contributed by atoms with van der Waals surface area (Å²) < 4.78 is 26.6. The molecule has 0 atom stereocenters. The Morgan fingerprint density at radius 2 is 2.00 bits per heavy atom. The van der Waals surface area contributed by atoms with Crippen molar-refractivity contribution >= 4 is 29.0 Å². The van der Waals surface area contributed by atoms with E-state index in [0.29, 0.717) is 23.9 Å². The zero-order valence-electron chi connectivity index (χ0n) is 14.8. The predicted octanol–water partition coefficient (Wildman–Crippen LogP) is 2.64. The van der Waals surface area contributed by atoms with Crippen LogP contribution in [-0.2, 0) is 4.79 Å². The van der Waals surface area contributed by atoms with Crippen LogP contribution in [0.4, 0.5) is 25.0 Å². The van der Waals surface area contributed by atoms with Gasteiger partial charge in [0.15, 0.2) is 0 Å². The molecule has 140 valence electrons. The van der Waals surface area contributed by atoms with E-state index in [4.69, 9.17) is 0 Å². The number of benzene rings is 2. The standard InChI is InChI=1S/C19H18F2N4O2/c1-19(2)10-16(26)24-25-17(19)11-4-3-5-13(8-11)22-18(27)23-15-7-6-12(20)9-14(15)21/h3-9H,10H2,1-2H3,(H,24,26)(H2,22,23,27)/p+1. The van der Waals surface area contributed by atoms with Crippen molar-refractivity contribution in [3.05, 3.63) is 59.7 Å². The van der Waals surface area contributed by atoms with Gasteiger partial charge in [-0.25, -0.2) is 24.3 Å². The van der Waals surface area contributed by atoms with Gasteiger partial charge in [0.25, 0.3) is 0 Å². The Kier molecular flexibility index (Phi) is 5.00. The zero-order chi connectivity index (χ0) is 19.6. The number of primary amides is 1. The molecule has 2 aromatic rings. The maximum absolute atomic E-state index is 13.7. The lowest BCUT2D eigenvalue weighted by Gasteiger charge is -2.29. The van der Waals surface area contributed by atoms with Gasteiger partial charge in [-0.15, -0.1) is 0 Å². The number of halogens is 2. The van der Waals surface area contributed by atoms with E-state index >= 15 is 0 Å². The molecular weight excluding hydrogens is 354 g/mol. The molecule has 1 aliphatic rings. The Labute approximate surface area is 154 Å². The highest BCUT2D eigenvalue weighted by molar-refractivity contribution is 6.08. The molecule has 0 aliphatic carbocycles. The van der Waals surface area contributed by atoms with Crippen molar-refractivity contribution < 1.29 is 23.7 Å². The highest BCUT2D eigenvalue weighted by Crippen LogP contribution is 2.29. The van der Waals surface area contributed by atoms with Crippen LogP contribution in [0.3, 0.4) is 0 Å². The predicted molar refractivity (Wildman–Crippen MR) is 96.5 cm³/mol. The molecule has 27 heavy (non-hydrogen) atoms. The lowest BCUT2D eigenvalue weighted by Crippen LogP contribution is -2.83. The fourth-order valence-electron chi connectivity index (χ4n) is 2.94. The Balaban J connectivity index is 1.76. The number of amides is 3. The fraction of sp³-hybridized carbons (Fsp3) is 0.211. The van der Waals surface area contributed by atoms with E-state index in [1.54, 1.807) is 18.2 Å². The molecule has 0 radical (unpaired) electrons. The van der Waals surface area contributed by atoms with Crippen LogP contribution >= 0.6 is 0 Å². The number of anilines is 1. The van der Waals surface area contributed by atoms with Crippen molar-refractivity contribution in [1.29, 1.82) is 0 Å². The first-order valence-corrected chi connectivity index (χ1v) is 8.33. The molecule has 3 rings (SSSR count). The Bertz CT molecular complexity index is 941. The summed E-state index contributed by atoms with van der Waals surface area (Å²) in [5, 5.41) is 7.85. The fourth-order valence-corrected chi connectivity index (χ4v) is 2.94. The molecule has 0 aromatic heterocycles. The van der Waals surface area contributed by atoms with Crippen molar-refractivity contribution in [3.8, 4) is 0 Å². The van der Waals surface area contributed by atoms with Crippen LogP contribution in [-0.4, -0.2) is 17.6 Å². The number of carbonyl (C=O) groups is 2. The molecule has 0 saturated carbocycles. The molecular formula is C19H19F2N4O2+. The number of rotatable bonds is 3. The van der Waals surface area contributed by atoms with Gasteiger partial charge < -0.3 is 0 Å². The average molecular weight is 373 g/mol. The number of hydrogen-bond acceptors (Lipinski definition) is 3. The number of carbonyl (C=O) groups excluding carboxylic acids is 2. The third-order valence-corrected chi connectivity index (χ3v) is 4.18. The van der Waals surface area contributed by atoms with Crippen LogP contribution in [0.15, 0.2) is 47.6 Å². The third-order valence-electron chi connectivity index (χ3n) is 4.18. The summed E-state index contributed by atoms with van der Waals surface area (Å²) in [6.45, 7) is 3.84. The third kappa shape index (κ3) is 4.35. The highest BCUT2D eigenvalue weighted by Gasteiger charge is 2.33. The minimum atomic E-state index is -0.848. The van der Waals surface area contributed by atoms with Crippen LogP contribution in [0, 0.1) is 17.0 Å². The van der Waals surface area contributed by atoms with Crippen LogP contribution in [0.5, 0.6) is 0 Å². The zero-order valence-corrected chi connectivity index (χ0v) is 14.8. The van der Waals surface area contributed by atoms with Crippen molar-refractivity contribution in [2.45, 2.75) is 20.3 Å². The molecule has 6 nitrogen and oxygen atoms in total. The smallest absolute Gasteiger partial charge is 0.273 e. The van der Waals surface area contributed by atoms with Gasteiger partial charge in [0.1, 0.15) is 17.3 Å². The van der Waals surface area contributed by atoms with Crippen LogP contribution in [0.1, 0.15) is 25.8 Å². The molecule has 8 heteroatoms. The van der Waals surface area contributed by atoms with E-state index in [9.17, 15) is 18.4 Å². The summed E-state index contributed by atoms with van der Waals surface area (Å²) in [7, 11) is 0. The first kappa shape index (κ1) is 18.7. The van der Waals surface area contributed by atoms with Crippen molar-refractivity contribution in [2.24, 2.45) is 10.5 Å². The molecule has 0 bridgehead atoms. The molecule has 0 unspecified atom stereocenters. The van der Waals surface area contributed by atoms with Crippen molar-refractivity contribution in [1.82, 2.24) is 5.43 Å². The van der Waals surface area contributed by atoms with Gasteiger partial charge in [-0.1, -0.05) is 26.0 Å². The van der Waals surface area contributed by atoms with Gasteiger partial charge in [-0.05, 0) is 18.2 Å². The van der Waals surface area contributed by atoms with E-state index in [0.717, 1.165) is 17.7 Å². The second-order valence-corrected chi connectivity index (χ2v) is 6.94. The summed E-state index contributed by atoms with van der Waals surface area (Å²) in [6, 6.07) is 9.47. The average Bonchev–Trinajstić information content (AvgIpc) is 2.56. The van der Waals surface area contributed by atoms with E-state index in [2.05, 4.69) is 15.8 Å². The minimum Gasteiger partial charge on any atom is -0.273 e. The maximum Gasteiger partial charge on any atom is 0.422 e. The van der Waals surface area contributed by atoms with Crippen LogP contribution in [0.2, 0.25) is 0 Å². The largest absolute Gasteiger partial charge is 0.422 e. The molecule has 1 aliphatic heterocycles. The van der Waals surface area contributed by atoms with Gasteiger partial charge in [-0.3, -0.25) is 10.1 Å². The summed E-state index contributed by atoms with van der Waals surface area (Å²) in [4.78, 5) is 23.7. The first-order chi connectivity index (χ1) is 12.7. The SMILES string of the molecule is CC1(C)CC(=O)NN=C1c1cccc([NH2+]C(=O)Nc2ccc(F)cc2F)c1. The highest BCUT2D eigenvalue weighted by atomic mass is 19.1. The molecule has 4 N–H and O–H groups in total. The number of hydrogen-bond donors (Lipinski definition) is 3. The maximum atomic E-state index is 13.7. The summed E-state index contributed by atoms with van der Waals surface area (Å²) in [5.74, 6) is -1.71. The van der Waals surface area contributed by atoms with Crippen LogP contribution < -0.4 is 16.1 Å². The molecule has 3 amide bonds. The Morgan fingerprint density at radius 3 is 2.70 bits per heavy atom. The molecule has 1 heterocycles. The molecule has 0 fully saturated rings. The number of quaternary nitrogens is 1. The Hall–Kier alpha value is -3.13. The van der Waals surface area contributed by atoms with Crippen molar-refractivity contribution in [3.63, 3.8) is 0 Å². The number of urea groups is 1. The van der Waals surface area contributed by atoms with Gasteiger partial charge in [0.05, 0.1) is 11.4 Å². The summed E-state index contributed by atoms with van der Waals surface area (Å²) in [6.07, 6.45) is 0.310. The normalized spacial score (nSPS) is 15.7. The second kappa shape index (κ2) is 7.24. The quantitative estimate of drug-likeness (QED) is 0.723. The van der Waals surface area contributed by atoms with Crippen LogP contribution in [0.25, 0.3) is 0 Å². The number of nitrogens with two attached hydrogens (primary N) is 1. The van der Waals surface area contributed by atoms with E-state index < -0.39 is 23.1 Å². The lowest BCUT2D eigenvalue weighted by atomic mass is 9.79. The summed E-state index contributed by atoms with van der Waals surface area (Å²) in [5.41, 5.74) is 4.00. The Morgan fingerprint density at radius 1 is 1.22 bits per heavy atom. The lowest BCUT2D eigenvalue weighted by molar-refractivity contribution is -0.459. The topological polar surface area (TPSA) is 87.2 Å². The molecule has 0 saturated heterocycles. The van der Waals surface area contributed by atoms with Gasteiger partial charge in [0.2, 0.25) is 5.91 Å². The molecule has 2 aromatic carbocycles. The summed E-state index contributed by atoms with van der Waals surface area (Å²) >= 11 is 0. The van der Waals surface area contributed by atoms with Gasteiger partial charge in [-0.2, -0.15) is 5.10 Å². The number of hydrazone groups is 1. The van der Waals surface area contributed by atoms with E-state index in [1.807, 2.05) is 19.9 Å². The second-order valence-electron chi connectivity index (χ2n) is 6.94. The monoisotopic (exact) mass is 373 g/mol. The number of nitrogens with zero attached hydrogens (tertiary/aromatic N) is 1. The van der Waals surface area contributed by atoms with Gasteiger partial charge in [0, 0.05) is 29.5 Å². The molecule has 0 spiro atoms.